The van der Waals surface area contributed by atoms with Crippen molar-refractivity contribution in [3.05, 3.63) is 62.2 Å². The average Bonchev–Trinajstić information content (AvgIpc) is 3.07. The summed E-state index contributed by atoms with van der Waals surface area (Å²) in [4.78, 5) is 29.5. The van der Waals surface area contributed by atoms with Gasteiger partial charge < -0.3 is 14.4 Å². The first-order valence-electron chi connectivity index (χ1n) is 9.64. The van der Waals surface area contributed by atoms with E-state index in [0.29, 0.717) is 35.4 Å². The summed E-state index contributed by atoms with van der Waals surface area (Å²) in [6.45, 7) is 4.10. The topological polar surface area (TPSA) is 81.4 Å². The molecule has 1 atom stereocenters. The molecule has 0 saturated carbocycles. The van der Waals surface area contributed by atoms with E-state index in [4.69, 9.17) is 9.72 Å². The Hall–Kier alpha value is -3.06. The first-order valence-corrected chi connectivity index (χ1v) is 9.64. The number of nitrogens with zero attached hydrogens (tertiary/aromatic N) is 2. The highest BCUT2D eigenvalue weighted by Crippen LogP contribution is 2.38. The number of aromatic nitrogens is 2. The van der Waals surface area contributed by atoms with Gasteiger partial charge in [-0.1, -0.05) is 13.3 Å². The molecule has 0 radical (unpaired) electrons. The van der Waals surface area contributed by atoms with Gasteiger partial charge in [0.2, 0.25) is 0 Å². The summed E-state index contributed by atoms with van der Waals surface area (Å²) >= 11 is 0. The fourth-order valence-electron chi connectivity index (χ4n) is 4.50. The van der Waals surface area contributed by atoms with Crippen molar-refractivity contribution in [1.29, 1.82) is 0 Å². The zero-order valence-corrected chi connectivity index (χ0v) is 16.1. The van der Waals surface area contributed by atoms with E-state index in [0.717, 1.165) is 22.9 Å². The van der Waals surface area contributed by atoms with Gasteiger partial charge in [0.1, 0.15) is 12.4 Å². The molecule has 148 valence electrons. The molecule has 6 nitrogen and oxygen atoms in total. The smallest absolute Gasteiger partial charge is 0.340 e. The van der Waals surface area contributed by atoms with E-state index in [2.05, 4.69) is 0 Å². The number of aliphatic hydroxyl groups excluding tert-OH is 1. The van der Waals surface area contributed by atoms with Gasteiger partial charge in [0.25, 0.3) is 5.56 Å². The highest BCUT2D eigenvalue weighted by Gasteiger charge is 2.34. The number of benzene rings is 1. The van der Waals surface area contributed by atoms with Crippen LogP contribution in [-0.4, -0.2) is 20.6 Å². The molecule has 7 heteroatoms. The van der Waals surface area contributed by atoms with Gasteiger partial charge in [0, 0.05) is 16.5 Å². The maximum Gasteiger partial charge on any atom is 0.340 e. The van der Waals surface area contributed by atoms with Crippen LogP contribution in [0.25, 0.3) is 22.3 Å². The Morgan fingerprint density at radius 2 is 2.10 bits per heavy atom. The van der Waals surface area contributed by atoms with Crippen molar-refractivity contribution in [3.8, 4) is 11.4 Å². The van der Waals surface area contributed by atoms with Gasteiger partial charge in [-0.25, -0.2) is 14.2 Å². The molecule has 0 aliphatic carbocycles. The van der Waals surface area contributed by atoms with E-state index in [1.54, 1.807) is 16.7 Å². The fraction of sp³-hybridized carbons (Fsp3) is 0.318. The van der Waals surface area contributed by atoms with Crippen LogP contribution < -0.4 is 5.56 Å². The van der Waals surface area contributed by atoms with Crippen LogP contribution in [0.4, 0.5) is 4.39 Å². The molecule has 1 unspecified atom stereocenters. The molecule has 0 amide bonds. The zero-order chi connectivity index (χ0) is 20.4. The van der Waals surface area contributed by atoms with Crippen molar-refractivity contribution in [3.63, 3.8) is 0 Å². The first kappa shape index (κ1) is 18.0. The second-order valence-electron chi connectivity index (χ2n) is 7.60. The maximum absolute atomic E-state index is 14.5. The summed E-state index contributed by atoms with van der Waals surface area (Å²) in [5, 5.41) is 11.0. The molecule has 1 N–H and O–H groups in total. The molecule has 0 saturated heterocycles. The number of hydrogen-bond donors (Lipinski definition) is 1. The van der Waals surface area contributed by atoms with Gasteiger partial charge in [-0.2, -0.15) is 0 Å². The number of cyclic esters (lactones) is 1. The molecule has 29 heavy (non-hydrogen) atoms. The second-order valence-corrected chi connectivity index (χ2v) is 7.60. The lowest BCUT2D eigenvalue weighted by molar-refractivity contribution is -0.157. The Morgan fingerprint density at radius 1 is 1.31 bits per heavy atom. The maximum atomic E-state index is 14.5. The highest BCUT2D eigenvalue weighted by molar-refractivity contribution is 5.91. The molecule has 0 fully saturated rings. The summed E-state index contributed by atoms with van der Waals surface area (Å²) in [6.07, 6.45) is -0.0597. The zero-order valence-electron chi connectivity index (χ0n) is 16.1. The lowest BCUT2D eigenvalue weighted by Gasteiger charge is -2.21. The molecular weight excluding hydrogens is 375 g/mol. The minimum Gasteiger partial charge on any atom is -0.458 e. The van der Waals surface area contributed by atoms with Crippen LogP contribution >= 0.6 is 0 Å². The molecule has 0 spiro atoms. The van der Waals surface area contributed by atoms with Crippen LogP contribution in [0.2, 0.25) is 0 Å². The Labute approximate surface area is 165 Å². The number of aryl methyl sites for hydroxylation is 2. The van der Waals surface area contributed by atoms with E-state index < -0.39 is 12.1 Å². The van der Waals surface area contributed by atoms with Gasteiger partial charge in [-0.05, 0) is 42.7 Å². The van der Waals surface area contributed by atoms with Gasteiger partial charge in [-0.15, -0.1) is 0 Å². The number of esters is 1. The normalized spacial score (nSPS) is 17.1. The van der Waals surface area contributed by atoms with Crippen LogP contribution in [-0.2, 0) is 29.1 Å². The number of fused-ring (bicyclic) bond motifs is 5. The largest absolute Gasteiger partial charge is 0.458 e. The number of halogens is 1. The average molecular weight is 394 g/mol. The predicted molar refractivity (Wildman–Crippen MR) is 104 cm³/mol. The molecule has 5 rings (SSSR count). The number of ether oxygens (including phenoxy) is 1. The van der Waals surface area contributed by atoms with Crippen molar-refractivity contribution in [1.82, 2.24) is 9.55 Å². The van der Waals surface area contributed by atoms with Gasteiger partial charge >= 0.3 is 5.97 Å². The SMILES string of the molecule is CCCc1c(F)ccc2nc3c(c(C)c12)Cn1c-3cc2c(c1=O)COC(=O)C2O. The van der Waals surface area contributed by atoms with Crippen molar-refractivity contribution >= 4 is 16.9 Å². The highest BCUT2D eigenvalue weighted by atomic mass is 19.1. The first-order chi connectivity index (χ1) is 13.9. The molecule has 2 aromatic heterocycles. The van der Waals surface area contributed by atoms with Gasteiger partial charge in [0.05, 0.1) is 29.0 Å². The summed E-state index contributed by atoms with van der Waals surface area (Å²) in [7, 11) is 0. The second kappa shape index (κ2) is 6.22. The summed E-state index contributed by atoms with van der Waals surface area (Å²) < 4.78 is 21.0. The summed E-state index contributed by atoms with van der Waals surface area (Å²) in [5.74, 6) is -1.01. The van der Waals surface area contributed by atoms with Crippen molar-refractivity contribution in [2.75, 3.05) is 0 Å². The number of rotatable bonds is 2. The standard InChI is InChI=1S/C22H19FN2O4/c1-3-4-11-15(23)5-6-16-18(11)10(2)13-8-25-17(19(13)24-16)7-12-14(21(25)27)9-29-22(28)20(12)26/h5-7,20,26H,3-4,8-9H2,1-2H3. The summed E-state index contributed by atoms with van der Waals surface area (Å²) in [6, 6.07) is 4.74. The summed E-state index contributed by atoms with van der Waals surface area (Å²) in [5.41, 5.74) is 4.54. The van der Waals surface area contributed by atoms with E-state index in [1.165, 1.54) is 6.07 Å². The Kier molecular flexibility index (Phi) is 3.86. The van der Waals surface area contributed by atoms with Crippen LogP contribution in [0.3, 0.4) is 0 Å². The third-order valence-electron chi connectivity index (χ3n) is 5.95. The minimum absolute atomic E-state index is 0.152. The Morgan fingerprint density at radius 3 is 2.86 bits per heavy atom. The van der Waals surface area contributed by atoms with Gasteiger partial charge in [-0.3, -0.25) is 4.79 Å². The molecule has 3 aromatic rings. The van der Waals surface area contributed by atoms with Crippen LogP contribution in [0.1, 0.15) is 47.3 Å². The lowest BCUT2D eigenvalue weighted by Crippen LogP contribution is -2.32. The number of carbonyl (C=O) groups excluding carboxylic acids is 1. The monoisotopic (exact) mass is 394 g/mol. The van der Waals surface area contributed by atoms with E-state index in [-0.39, 0.29) is 29.1 Å². The third kappa shape index (κ3) is 2.40. The fourth-order valence-corrected chi connectivity index (χ4v) is 4.50. The van der Waals surface area contributed by atoms with Crippen LogP contribution in [0, 0.1) is 12.7 Å². The lowest BCUT2D eigenvalue weighted by atomic mass is 9.95. The molecule has 4 heterocycles. The van der Waals surface area contributed by atoms with Crippen molar-refractivity contribution in [2.45, 2.75) is 45.9 Å². The molecule has 1 aromatic carbocycles. The minimum atomic E-state index is -1.48. The molecule has 2 aliphatic heterocycles. The van der Waals surface area contributed by atoms with E-state index in [1.807, 2.05) is 13.8 Å². The van der Waals surface area contributed by atoms with Crippen LogP contribution in [0.5, 0.6) is 0 Å². The molecule has 2 aliphatic rings. The molecule has 0 bridgehead atoms. The molecular formula is C22H19FN2O4. The predicted octanol–water partition coefficient (Wildman–Crippen LogP) is 2.92. The van der Waals surface area contributed by atoms with Crippen LogP contribution in [0.15, 0.2) is 23.0 Å². The van der Waals surface area contributed by atoms with Crippen molar-refractivity contribution in [2.24, 2.45) is 0 Å². The van der Waals surface area contributed by atoms with E-state index >= 15 is 0 Å². The number of carbonyl (C=O) groups is 1. The number of pyridine rings is 2. The number of hydrogen-bond acceptors (Lipinski definition) is 5. The number of aliphatic hydroxyl groups is 1. The Bertz CT molecular complexity index is 1280. The quantitative estimate of drug-likeness (QED) is 0.529. The van der Waals surface area contributed by atoms with Gasteiger partial charge in [0.15, 0.2) is 6.10 Å². The third-order valence-corrected chi connectivity index (χ3v) is 5.95. The van der Waals surface area contributed by atoms with Crippen molar-refractivity contribution < 1.29 is 19.0 Å². The Balaban J connectivity index is 1.80. The van der Waals surface area contributed by atoms with E-state index in [9.17, 15) is 19.1 Å².